The number of rotatable bonds is 4. The van der Waals surface area contributed by atoms with Crippen molar-refractivity contribution in [3.63, 3.8) is 0 Å². The molecule has 0 N–H and O–H groups in total. The van der Waals surface area contributed by atoms with Crippen LogP contribution in [0.2, 0.25) is 0 Å². The Morgan fingerprint density at radius 2 is 1.90 bits per heavy atom. The van der Waals surface area contributed by atoms with Crippen LogP contribution >= 0.6 is 0 Å². The molecule has 0 bridgehead atoms. The van der Waals surface area contributed by atoms with Gasteiger partial charge in [-0.2, -0.15) is 18.2 Å². The fraction of sp³-hybridized carbons (Fsp3) is 0.182. The molecule has 0 radical (unpaired) electrons. The van der Waals surface area contributed by atoms with Crippen LogP contribution in [0, 0.1) is 10.1 Å². The van der Waals surface area contributed by atoms with Crippen LogP contribution in [0.5, 0.6) is 0 Å². The van der Waals surface area contributed by atoms with Gasteiger partial charge in [-0.1, -0.05) is 5.16 Å². The minimum atomic E-state index is -4.97. The quantitative estimate of drug-likeness (QED) is 0.634. The molecule has 1 aromatic heterocycles. The van der Waals surface area contributed by atoms with E-state index in [9.17, 15) is 28.1 Å². The standard InChI is InChI=1S/C11H6F3N3O4/c12-11(13,14)8(18)5-9-15-10(16-21-9)6-1-3-7(4-2-6)17(19)20/h1-4H,5H2. The van der Waals surface area contributed by atoms with Crippen LogP contribution in [0.4, 0.5) is 18.9 Å². The van der Waals surface area contributed by atoms with Crippen LogP contribution in [0.3, 0.4) is 0 Å². The van der Waals surface area contributed by atoms with Crippen molar-refractivity contribution in [2.75, 3.05) is 0 Å². The summed E-state index contributed by atoms with van der Waals surface area (Å²) in [6.45, 7) is 0. The molecule has 10 heteroatoms. The van der Waals surface area contributed by atoms with Gasteiger partial charge in [0.1, 0.15) is 0 Å². The molecular formula is C11H6F3N3O4. The van der Waals surface area contributed by atoms with E-state index in [1.54, 1.807) is 0 Å². The van der Waals surface area contributed by atoms with E-state index in [-0.39, 0.29) is 11.5 Å². The third kappa shape index (κ3) is 3.41. The first-order chi connectivity index (χ1) is 9.77. The largest absolute Gasteiger partial charge is 0.450 e. The molecule has 0 fully saturated rings. The van der Waals surface area contributed by atoms with Crippen LogP contribution < -0.4 is 0 Å². The van der Waals surface area contributed by atoms with Crippen molar-refractivity contribution in [1.29, 1.82) is 0 Å². The summed E-state index contributed by atoms with van der Waals surface area (Å²) >= 11 is 0. The first-order valence-corrected chi connectivity index (χ1v) is 5.45. The molecule has 0 spiro atoms. The van der Waals surface area contributed by atoms with Gasteiger partial charge in [-0.15, -0.1) is 0 Å². The Morgan fingerprint density at radius 1 is 1.29 bits per heavy atom. The SMILES string of the molecule is O=C(Cc1nc(-c2ccc([N+](=O)[O-])cc2)no1)C(F)(F)F. The zero-order valence-corrected chi connectivity index (χ0v) is 10.1. The van der Waals surface area contributed by atoms with Gasteiger partial charge in [0.15, 0.2) is 0 Å². The Hall–Kier alpha value is -2.78. The van der Waals surface area contributed by atoms with Crippen molar-refractivity contribution in [2.24, 2.45) is 0 Å². The van der Waals surface area contributed by atoms with Crippen molar-refractivity contribution in [3.05, 3.63) is 40.3 Å². The Labute approximate surface area is 114 Å². The van der Waals surface area contributed by atoms with Gasteiger partial charge < -0.3 is 4.52 Å². The second-order valence-corrected chi connectivity index (χ2v) is 3.91. The number of nitrogens with zero attached hydrogens (tertiary/aromatic N) is 3. The molecular weight excluding hydrogens is 295 g/mol. The van der Waals surface area contributed by atoms with Crippen LogP contribution in [-0.4, -0.2) is 27.0 Å². The van der Waals surface area contributed by atoms with Gasteiger partial charge in [-0.25, -0.2) is 0 Å². The molecule has 0 aliphatic rings. The second-order valence-electron chi connectivity index (χ2n) is 3.91. The van der Waals surface area contributed by atoms with Crippen LogP contribution in [0.25, 0.3) is 11.4 Å². The van der Waals surface area contributed by atoms with Gasteiger partial charge in [-0.05, 0) is 12.1 Å². The fourth-order valence-electron chi connectivity index (χ4n) is 1.41. The summed E-state index contributed by atoms with van der Waals surface area (Å²) < 4.78 is 40.8. The lowest BCUT2D eigenvalue weighted by Gasteiger charge is -2.00. The number of carbonyl (C=O) groups is 1. The summed E-state index contributed by atoms with van der Waals surface area (Å²) in [5, 5.41) is 13.9. The van der Waals surface area contributed by atoms with E-state index in [4.69, 9.17) is 0 Å². The molecule has 0 amide bonds. The summed E-state index contributed by atoms with van der Waals surface area (Å²) in [6, 6.07) is 5.01. The molecule has 110 valence electrons. The first kappa shape index (κ1) is 14.6. The molecule has 0 aliphatic heterocycles. The van der Waals surface area contributed by atoms with Gasteiger partial charge in [-0.3, -0.25) is 14.9 Å². The van der Waals surface area contributed by atoms with Crippen LogP contribution in [0.1, 0.15) is 5.89 Å². The molecule has 0 saturated heterocycles. The van der Waals surface area contributed by atoms with Crippen molar-refractivity contribution in [2.45, 2.75) is 12.6 Å². The highest BCUT2D eigenvalue weighted by atomic mass is 19.4. The van der Waals surface area contributed by atoms with Crippen LogP contribution in [-0.2, 0) is 11.2 Å². The average Bonchev–Trinajstić information content (AvgIpc) is 2.86. The predicted octanol–water partition coefficient (Wildman–Crippen LogP) is 2.32. The molecule has 0 saturated carbocycles. The minimum Gasteiger partial charge on any atom is -0.338 e. The van der Waals surface area contributed by atoms with Gasteiger partial charge in [0.2, 0.25) is 17.5 Å². The predicted molar refractivity (Wildman–Crippen MR) is 61.2 cm³/mol. The average molecular weight is 301 g/mol. The highest BCUT2D eigenvalue weighted by molar-refractivity contribution is 5.85. The molecule has 7 nitrogen and oxygen atoms in total. The van der Waals surface area contributed by atoms with E-state index >= 15 is 0 Å². The lowest BCUT2D eigenvalue weighted by atomic mass is 10.2. The highest BCUT2D eigenvalue weighted by Gasteiger charge is 2.39. The topological polar surface area (TPSA) is 99.1 Å². The molecule has 21 heavy (non-hydrogen) atoms. The van der Waals surface area contributed by atoms with Crippen molar-refractivity contribution < 1.29 is 27.4 Å². The van der Waals surface area contributed by atoms with E-state index in [0.29, 0.717) is 5.56 Å². The lowest BCUT2D eigenvalue weighted by Crippen LogP contribution is -2.24. The number of hydrogen-bond acceptors (Lipinski definition) is 6. The van der Waals surface area contributed by atoms with E-state index in [2.05, 4.69) is 14.7 Å². The maximum absolute atomic E-state index is 12.1. The molecule has 1 heterocycles. The number of benzene rings is 1. The number of non-ortho nitro benzene ring substituents is 1. The first-order valence-electron chi connectivity index (χ1n) is 5.45. The minimum absolute atomic E-state index is 0.0603. The smallest absolute Gasteiger partial charge is 0.338 e. The fourth-order valence-corrected chi connectivity index (χ4v) is 1.41. The number of alkyl halides is 3. The van der Waals surface area contributed by atoms with Gasteiger partial charge in [0.25, 0.3) is 5.69 Å². The third-order valence-electron chi connectivity index (χ3n) is 2.43. The van der Waals surface area contributed by atoms with E-state index in [1.807, 2.05) is 0 Å². The van der Waals surface area contributed by atoms with E-state index in [0.717, 1.165) is 0 Å². The molecule has 0 aliphatic carbocycles. The lowest BCUT2D eigenvalue weighted by molar-refractivity contribution is -0.384. The molecule has 2 aromatic rings. The van der Waals surface area contributed by atoms with Gasteiger partial charge >= 0.3 is 6.18 Å². The molecule has 0 unspecified atom stereocenters. The zero-order valence-electron chi connectivity index (χ0n) is 10.1. The maximum Gasteiger partial charge on any atom is 0.450 e. The van der Waals surface area contributed by atoms with E-state index < -0.39 is 29.2 Å². The highest BCUT2D eigenvalue weighted by Crippen LogP contribution is 2.22. The Kier molecular flexibility index (Phi) is 3.70. The Balaban J connectivity index is 2.16. The molecule has 2 rings (SSSR count). The second kappa shape index (κ2) is 5.31. The number of nitro groups is 1. The number of halogens is 3. The summed E-state index contributed by atoms with van der Waals surface area (Å²) in [7, 11) is 0. The van der Waals surface area contributed by atoms with Crippen molar-refractivity contribution in [1.82, 2.24) is 10.1 Å². The summed E-state index contributed by atoms with van der Waals surface area (Å²) in [4.78, 5) is 24.3. The van der Waals surface area contributed by atoms with Crippen molar-refractivity contribution >= 4 is 11.5 Å². The number of carbonyl (C=O) groups excluding carboxylic acids is 1. The monoisotopic (exact) mass is 301 g/mol. The molecule has 0 atom stereocenters. The van der Waals surface area contributed by atoms with Gasteiger partial charge in [0, 0.05) is 17.7 Å². The third-order valence-corrected chi connectivity index (χ3v) is 2.43. The Bertz CT molecular complexity index is 679. The molecule has 1 aromatic carbocycles. The van der Waals surface area contributed by atoms with Crippen molar-refractivity contribution in [3.8, 4) is 11.4 Å². The summed E-state index contributed by atoms with van der Waals surface area (Å²) in [6.07, 6.45) is -6.02. The number of Topliss-reactive ketones (excluding diaryl/α,β-unsaturated/α-hetero) is 1. The van der Waals surface area contributed by atoms with Gasteiger partial charge in [0.05, 0.1) is 11.3 Å². The number of aromatic nitrogens is 2. The summed E-state index contributed by atoms with van der Waals surface area (Å²) in [5.74, 6) is -2.54. The normalized spacial score (nSPS) is 11.4. The number of nitro benzene ring substituents is 1. The maximum atomic E-state index is 12.1. The van der Waals surface area contributed by atoms with Crippen LogP contribution in [0.15, 0.2) is 28.8 Å². The zero-order chi connectivity index (χ0) is 15.6. The Morgan fingerprint density at radius 3 is 2.43 bits per heavy atom. The number of hydrogen-bond donors (Lipinski definition) is 0. The summed E-state index contributed by atoms with van der Waals surface area (Å²) in [5.41, 5.74) is 0.157. The number of ketones is 1. The van der Waals surface area contributed by atoms with E-state index in [1.165, 1.54) is 24.3 Å².